The molecule has 0 bridgehead atoms. The lowest BCUT2D eigenvalue weighted by atomic mass is 9.86. The summed E-state index contributed by atoms with van der Waals surface area (Å²) < 4.78 is 25.8. The van der Waals surface area contributed by atoms with E-state index in [1.165, 1.54) is 6.07 Å². The van der Waals surface area contributed by atoms with Crippen molar-refractivity contribution in [2.75, 3.05) is 0 Å². The number of benzene rings is 1. The maximum atomic E-state index is 13.1. The third-order valence-electron chi connectivity index (χ3n) is 2.74. The first kappa shape index (κ1) is 16.8. The van der Waals surface area contributed by atoms with Crippen LogP contribution in [0.1, 0.15) is 31.7 Å². The zero-order valence-corrected chi connectivity index (χ0v) is 10.8. The fourth-order valence-electron chi connectivity index (χ4n) is 1.60. The molecule has 0 fully saturated rings. The van der Waals surface area contributed by atoms with Crippen molar-refractivity contribution in [3.63, 3.8) is 0 Å². The highest BCUT2D eigenvalue weighted by Crippen LogP contribution is 2.26. The first-order chi connectivity index (χ1) is 7.91. The van der Waals surface area contributed by atoms with E-state index >= 15 is 0 Å². The third-order valence-corrected chi connectivity index (χ3v) is 2.74. The number of hydrogen-bond acceptors (Lipinski definition) is 2. The van der Waals surface area contributed by atoms with Gasteiger partial charge in [0, 0.05) is 0 Å². The Morgan fingerprint density at radius 3 is 2.44 bits per heavy atom. The molecule has 0 heterocycles. The van der Waals surface area contributed by atoms with Crippen molar-refractivity contribution < 1.29 is 18.7 Å². The summed E-state index contributed by atoms with van der Waals surface area (Å²) in [5, 5.41) is 9.13. The van der Waals surface area contributed by atoms with Crippen molar-refractivity contribution in [2.45, 2.75) is 31.7 Å². The fourth-order valence-corrected chi connectivity index (χ4v) is 1.60. The smallest absolute Gasteiger partial charge is 0.328 e. The van der Waals surface area contributed by atoms with Crippen LogP contribution in [0.3, 0.4) is 0 Å². The molecule has 1 unspecified atom stereocenters. The molecule has 3 nitrogen and oxygen atoms in total. The molecule has 0 aliphatic rings. The van der Waals surface area contributed by atoms with Gasteiger partial charge in [0.25, 0.3) is 0 Å². The number of carboxylic acid groups (broad SMARTS) is 1. The number of nitrogens with two attached hydrogens (primary N) is 1. The number of hydrogen-bond donors (Lipinski definition) is 2. The van der Waals surface area contributed by atoms with Gasteiger partial charge in [-0.05, 0) is 24.1 Å². The topological polar surface area (TPSA) is 63.3 Å². The highest BCUT2D eigenvalue weighted by Gasteiger charge is 2.35. The monoisotopic (exact) mass is 279 g/mol. The van der Waals surface area contributed by atoms with Crippen molar-refractivity contribution in [3.8, 4) is 0 Å². The molecule has 1 rings (SSSR count). The average molecular weight is 280 g/mol. The van der Waals surface area contributed by atoms with Crippen LogP contribution in [0.4, 0.5) is 8.78 Å². The summed E-state index contributed by atoms with van der Waals surface area (Å²) in [6.45, 7) is 1.90. The van der Waals surface area contributed by atoms with Crippen LogP contribution in [-0.2, 0) is 10.3 Å². The van der Waals surface area contributed by atoms with Crippen LogP contribution < -0.4 is 5.73 Å². The van der Waals surface area contributed by atoms with E-state index in [1.54, 1.807) is 0 Å². The average Bonchev–Trinajstić information content (AvgIpc) is 2.29. The van der Waals surface area contributed by atoms with Crippen LogP contribution in [0.25, 0.3) is 0 Å². The minimum absolute atomic E-state index is 0. The molecule has 102 valence electrons. The Kier molecular flexibility index (Phi) is 6.21. The molecule has 0 spiro atoms. The Labute approximate surface area is 110 Å². The van der Waals surface area contributed by atoms with E-state index in [9.17, 15) is 13.6 Å². The summed E-state index contributed by atoms with van der Waals surface area (Å²) in [7, 11) is 0. The van der Waals surface area contributed by atoms with Crippen LogP contribution in [0.2, 0.25) is 0 Å². The van der Waals surface area contributed by atoms with Gasteiger partial charge in [0.15, 0.2) is 11.6 Å². The molecule has 1 aromatic rings. The number of unbranched alkanes of at least 4 members (excludes halogenated alkanes) is 1. The van der Waals surface area contributed by atoms with Gasteiger partial charge in [0.1, 0.15) is 5.54 Å². The zero-order valence-electron chi connectivity index (χ0n) is 9.95. The predicted octanol–water partition coefficient (Wildman–Crippen LogP) is 2.82. The highest BCUT2D eigenvalue weighted by atomic mass is 35.5. The molecule has 1 atom stereocenters. The van der Waals surface area contributed by atoms with E-state index in [0.717, 1.165) is 18.6 Å². The first-order valence-corrected chi connectivity index (χ1v) is 5.39. The summed E-state index contributed by atoms with van der Waals surface area (Å²) in [5.41, 5.74) is 4.20. The van der Waals surface area contributed by atoms with Crippen molar-refractivity contribution in [1.29, 1.82) is 0 Å². The SMILES string of the molecule is CCCCC(N)(C(=O)O)c1ccc(F)c(F)c1.Cl. The normalized spacial score (nSPS) is 13.6. The number of halogens is 3. The number of carboxylic acids is 1. The van der Waals surface area contributed by atoms with Crippen LogP contribution in [0.5, 0.6) is 0 Å². The second kappa shape index (κ2) is 6.66. The van der Waals surface area contributed by atoms with E-state index < -0.39 is 23.1 Å². The number of aliphatic carboxylic acids is 1. The van der Waals surface area contributed by atoms with Gasteiger partial charge in [0.2, 0.25) is 0 Å². The molecule has 1 aromatic carbocycles. The maximum absolute atomic E-state index is 13.1. The second-order valence-corrected chi connectivity index (χ2v) is 4.01. The van der Waals surface area contributed by atoms with Crippen LogP contribution in [0.15, 0.2) is 18.2 Å². The molecule has 0 radical (unpaired) electrons. The zero-order chi connectivity index (χ0) is 13.1. The van der Waals surface area contributed by atoms with E-state index in [1.807, 2.05) is 6.92 Å². The van der Waals surface area contributed by atoms with Gasteiger partial charge < -0.3 is 10.8 Å². The Morgan fingerprint density at radius 2 is 2.00 bits per heavy atom. The minimum atomic E-state index is -1.66. The first-order valence-electron chi connectivity index (χ1n) is 5.39. The largest absolute Gasteiger partial charge is 0.480 e. The molecule has 0 saturated carbocycles. The van der Waals surface area contributed by atoms with Gasteiger partial charge in [-0.2, -0.15) is 0 Å². The summed E-state index contributed by atoms with van der Waals surface area (Å²) in [6.07, 6.45) is 1.56. The van der Waals surface area contributed by atoms with Gasteiger partial charge in [-0.15, -0.1) is 12.4 Å². The van der Waals surface area contributed by atoms with E-state index in [2.05, 4.69) is 0 Å². The third kappa shape index (κ3) is 3.40. The second-order valence-electron chi connectivity index (χ2n) is 4.01. The van der Waals surface area contributed by atoms with Crippen molar-refractivity contribution in [2.24, 2.45) is 5.73 Å². The molecule has 0 amide bonds. The van der Waals surface area contributed by atoms with Crippen molar-refractivity contribution in [1.82, 2.24) is 0 Å². The molecule has 0 aliphatic carbocycles. The highest BCUT2D eigenvalue weighted by molar-refractivity contribution is 5.85. The lowest BCUT2D eigenvalue weighted by Gasteiger charge is -2.25. The Morgan fingerprint density at radius 1 is 1.39 bits per heavy atom. The van der Waals surface area contributed by atoms with Crippen molar-refractivity contribution >= 4 is 18.4 Å². The minimum Gasteiger partial charge on any atom is -0.480 e. The molecule has 6 heteroatoms. The number of carbonyl (C=O) groups is 1. The van der Waals surface area contributed by atoms with Gasteiger partial charge in [-0.1, -0.05) is 25.8 Å². The Hall–Kier alpha value is -1.20. The van der Waals surface area contributed by atoms with E-state index in [-0.39, 0.29) is 24.4 Å². The van der Waals surface area contributed by atoms with Gasteiger partial charge in [-0.25, -0.2) is 13.6 Å². The maximum Gasteiger partial charge on any atom is 0.328 e. The molecule has 0 aromatic heterocycles. The summed E-state index contributed by atoms with van der Waals surface area (Å²) in [6, 6.07) is 2.95. The summed E-state index contributed by atoms with van der Waals surface area (Å²) in [4.78, 5) is 11.2. The van der Waals surface area contributed by atoms with Crippen LogP contribution in [0, 0.1) is 11.6 Å². The van der Waals surface area contributed by atoms with Gasteiger partial charge >= 0.3 is 5.97 Å². The predicted molar refractivity (Wildman–Crippen MR) is 66.6 cm³/mol. The summed E-state index contributed by atoms with van der Waals surface area (Å²) >= 11 is 0. The lowest BCUT2D eigenvalue weighted by Crippen LogP contribution is -2.45. The van der Waals surface area contributed by atoms with E-state index in [4.69, 9.17) is 10.8 Å². The van der Waals surface area contributed by atoms with Crippen molar-refractivity contribution in [3.05, 3.63) is 35.4 Å². The van der Waals surface area contributed by atoms with Gasteiger partial charge in [-0.3, -0.25) is 0 Å². The molecule has 0 saturated heterocycles. The molecule has 18 heavy (non-hydrogen) atoms. The van der Waals surface area contributed by atoms with Crippen LogP contribution in [-0.4, -0.2) is 11.1 Å². The van der Waals surface area contributed by atoms with Crippen LogP contribution >= 0.6 is 12.4 Å². The Bertz CT molecular complexity index is 429. The molecular formula is C12H16ClF2NO2. The fraction of sp³-hybridized carbons (Fsp3) is 0.417. The molecular weight excluding hydrogens is 264 g/mol. The molecule has 0 aliphatic heterocycles. The summed E-state index contributed by atoms with van der Waals surface area (Å²) in [5.74, 6) is -3.34. The van der Waals surface area contributed by atoms with Gasteiger partial charge in [0.05, 0.1) is 0 Å². The van der Waals surface area contributed by atoms with E-state index in [0.29, 0.717) is 6.42 Å². The molecule has 3 N–H and O–H groups in total. The Balaban J connectivity index is 0.00000289. The standard InChI is InChI=1S/C12H15F2NO2.ClH/c1-2-3-6-12(15,11(16)17)8-4-5-9(13)10(14)7-8;/h4-5,7H,2-3,6,15H2,1H3,(H,16,17);1H. The number of rotatable bonds is 5. The lowest BCUT2D eigenvalue weighted by molar-refractivity contribution is -0.144. The quantitative estimate of drug-likeness (QED) is 0.871.